The molecule has 0 spiro atoms. The van der Waals surface area contributed by atoms with Gasteiger partial charge in [-0.3, -0.25) is 0 Å². The fourth-order valence-electron chi connectivity index (χ4n) is 2.20. The zero-order chi connectivity index (χ0) is 15.1. The minimum atomic E-state index is -0.203. The summed E-state index contributed by atoms with van der Waals surface area (Å²) in [6.45, 7) is 5.72. The molecule has 0 bridgehead atoms. The van der Waals surface area contributed by atoms with Gasteiger partial charge in [0, 0.05) is 18.7 Å². The summed E-state index contributed by atoms with van der Waals surface area (Å²) in [7, 11) is 0. The van der Waals surface area contributed by atoms with E-state index in [1.54, 1.807) is 6.33 Å². The zero-order valence-electron chi connectivity index (χ0n) is 12.5. The molecule has 1 aromatic heterocycles. The Morgan fingerprint density at radius 3 is 2.29 bits per heavy atom. The molecule has 2 N–H and O–H groups in total. The second kappa shape index (κ2) is 7.57. The van der Waals surface area contributed by atoms with Crippen LogP contribution < -0.4 is 10.6 Å². The lowest BCUT2D eigenvalue weighted by Gasteiger charge is -2.13. The summed E-state index contributed by atoms with van der Waals surface area (Å²) in [6.07, 6.45) is 3.25. The number of hydrogen-bond acceptors (Lipinski definition) is 4. The molecule has 0 atom stereocenters. The number of nitrogens with one attached hydrogen (secondary N) is 2. The molecule has 0 aliphatic carbocycles. The SMILES string of the molecule is CCNc1ncnc(NCCc2ccc(F)cc2)c1CC. The van der Waals surface area contributed by atoms with Crippen molar-refractivity contribution in [3.8, 4) is 0 Å². The van der Waals surface area contributed by atoms with Crippen molar-refractivity contribution in [3.05, 3.63) is 47.5 Å². The molecular formula is C16H21FN4. The topological polar surface area (TPSA) is 49.8 Å². The average Bonchev–Trinajstić information content (AvgIpc) is 2.50. The van der Waals surface area contributed by atoms with Crippen LogP contribution in [0.5, 0.6) is 0 Å². The van der Waals surface area contributed by atoms with Gasteiger partial charge in [0.05, 0.1) is 0 Å². The van der Waals surface area contributed by atoms with Crippen LogP contribution >= 0.6 is 0 Å². The van der Waals surface area contributed by atoms with E-state index in [0.717, 1.165) is 48.7 Å². The molecule has 112 valence electrons. The molecule has 0 aliphatic rings. The van der Waals surface area contributed by atoms with Crippen molar-refractivity contribution >= 4 is 11.6 Å². The van der Waals surface area contributed by atoms with E-state index in [0.29, 0.717) is 0 Å². The van der Waals surface area contributed by atoms with Gasteiger partial charge in [0.2, 0.25) is 0 Å². The third-order valence-corrected chi connectivity index (χ3v) is 3.26. The Hall–Kier alpha value is -2.17. The number of rotatable bonds is 7. The minimum absolute atomic E-state index is 0.203. The van der Waals surface area contributed by atoms with E-state index in [9.17, 15) is 4.39 Å². The summed E-state index contributed by atoms with van der Waals surface area (Å²) < 4.78 is 12.8. The van der Waals surface area contributed by atoms with Crippen molar-refractivity contribution in [2.24, 2.45) is 0 Å². The third kappa shape index (κ3) is 4.15. The Kier molecular flexibility index (Phi) is 5.49. The van der Waals surface area contributed by atoms with E-state index in [4.69, 9.17) is 0 Å². The van der Waals surface area contributed by atoms with Crippen molar-refractivity contribution in [2.45, 2.75) is 26.7 Å². The van der Waals surface area contributed by atoms with Crippen molar-refractivity contribution < 1.29 is 4.39 Å². The van der Waals surface area contributed by atoms with Gasteiger partial charge in [-0.1, -0.05) is 19.1 Å². The van der Waals surface area contributed by atoms with Gasteiger partial charge >= 0.3 is 0 Å². The van der Waals surface area contributed by atoms with Crippen LogP contribution in [0.3, 0.4) is 0 Å². The highest BCUT2D eigenvalue weighted by Crippen LogP contribution is 2.20. The summed E-state index contributed by atoms with van der Waals surface area (Å²) in [5, 5.41) is 6.59. The second-order valence-electron chi connectivity index (χ2n) is 4.74. The molecule has 0 radical (unpaired) electrons. The van der Waals surface area contributed by atoms with E-state index in [-0.39, 0.29) is 5.82 Å². The van der Waals surface area contributed by atoms with Crippen molar-refractivity contribution in [1.29, 1.82) is 0 Å². The van der Waals surface area contributed by atoms with Crippen LogP contribution in [-0.2, 0) is 12.8 Å². The van der Waals surface area contributed by atoms with E-state index in [1.807, 2.05) is 19.1 Å². The maximum atomic E-state index is 12.8. The predicted octanol–water partition coefficient (Wildman–Crippen LogP) is 3.26. The number of aromatic nitrogens is 2. The largest absolute Gasteiger partial charge is 0.370 e. The Morgan fingerprint density at radius 2 is 1.67 bits per heavy atom. The summed E-state index contributed by atoms with van der Waals surface area (Å²) in [5.74, 6) is 1.55. The Labute approximate surface area is 124 Å². The molecule has 4 nitrogen and oxygen atoms in total. The molecule has 1 aromatic carbocycles. The van der Waals surface area contributed by atoms with Crippen molar-refractivity contribution in [3.63, 3.8) is 0 Å². The molecule has 21 heavy (non-hydrogen) atoms. The molecule has 0 amide bonds. The standard InChI is InChI=1S/C16H21FN4/c1-3-14-15(18-4-2)20-11-21-16(14)19-10-9-12-5-7-13(17)8-6-12/h5-8,11H,3-4,9-10H2,1-2H3,(H2,18,19,20,21). The van der Waals surface area contributed by atoms with Gasteiger partial charge in [-0.25, -0.2) is 14.4 Å². The highest BCUT2D eigenvalue weighted by molar-refractivity contribution is 5.57. The lowest BCUT2D eigenvalue weighted by atomic mass is 10.1. The monoisotopic (exact) mass is 288 g/mol. The Balaban J connectivity index is 1.99. The van der Waals surface area contributed by atoms with Crippen LogP contribution in [-0.4, -0.2) is 23.1 Å². The maximum Gasteiger partial charge on any atom is 0.134 e. The van der Waals surface area contributed by atoms with E-state index in [2.05, 4.69) is 27.5 Å². The zero-order valence-corrected chi connectivity index (χ0v) is 12.5. The highest BCUT2D eigenvalue weighted by Gasteiger charge is 2.08. The van der Waals surface area contributed by atoms with Gasteiger partial charge in [0.1, 0.15) is 23.8 Å². The molecular weight excluding hydrogens is 267 g/mol. The van der Waals surface area contributed by atoms with Crippen LogP contribution in [0.25, 0.3) is 0 Å². The minimum Gasteiger partial charge on any atom is -0.370 e. The molecule has 0 unspecified atom stereocenters. The first kappa shape index (κ1) is 15.2. The second-order valence-corrected chi connectivity index (χ2v) is 4.74. The predicted molar refractivity (Wildman–Crippen MR) is 84.2 cm³/mol. The summed E-state index contributed by atoms with van der Waals surface area (Å²) in [4.78, 5) is 8.59. The van der Waals surface area contributed by atoms with Crippen molar-refractivity contribution in [1.82, 2.24) is 9.97 Å². The van der Waals surface area contributed by atoms with Crippen LogP contribution in [0.4, 0.5) is 16.0 Å². The number of benzene rings is 1. The lowest BCUT2D eigenvalue weighted by molar-refractivity contribution is 0.627. The summed E-state index contributed by atoms with van der Waals surface area (Å²) in [6, 6.07) is 6.59. The van der Waals surface area contributed by atoms with Gasteiger partial charge in [-0.2, -0.15) is 0 Å². The van der Waals surface area contributed by atoms with Crippen LogP contribution in [0.2, 0.25) is 0 Å². The molecule has 1 heterocycles. The van der Waals surface area contributed by atoms with Crippen LogP contribution in [0.1, 0.15) is 25.0 Å². The molecule has 2 rings (SSSR count). The van der Waals surface area contributed by atoms with E-state index in [1.165, 1.54) is 12.1 Å². The quantitative estimate of drug-likeness (QED) is 0.821. The molecule has 0 aliphatic heterocycles. The maximum absolute atomic E-state index is 12.8. The first-order valence-corrected chi connectivity index (χ1v) is 7.30. The fraction of sp³-hybridized carbons (Fsp3) is 0.375. The lowest BCUT2D eigenvalue weighted by Crippen LogP contribution is -2.11. The first-order chi connectivity index (χ1) is 10.2. The molecule has 0 saturated heterocycles. The summed E-state index contributed by atoms with van der Waals surface area (Å²) in [5.41, 5.74) is 2.20. The Bertz CT molecular complexity index is 569. The van der Waals surface area contributed by atoms with Gasteiger partial charge < -0.3 is 10.6 Å². The van der Waals surface area contributed by atoms with E-state index < -0.39 is 0 Å². The molecule has 2 aromatic rings. The van der Waals surface area contributed by atoms with Crippen LogP contribution in [0, 0.1) is 5.82 Å². The van der Waals surface area contributed by atoms with Crippen molar-refractivity contribution in [2.75, 3.05) is 23.7 Å². The van der Waals surface area contributed by atoms with Gasteiger partial charge in [0.15, 0.2) is 0 Å². The molecule has 0 fully saturated rings. The van der Waals surface area contributed by atoms with Gasteiger partial charge in [-0.15, -0.1) is 0 Å². The van der Waals surface area contributed by atoms with Gasteiger partial charge in [0.25, 0.3) is 0 Å². The molecule has 0 saturated carbocycles. The molecule has 5 heteroatoms. The van der Waals surface area contributed by atoms with Gasteiger partial charge in [-0.05, 0) is 37.5 Å². The smallest absolute Gasteiger partial charge is 0.134 e. The number of anilines is 2. The number of hydrogen-bond donors (Lipinski definition) is 2. The van der Waals surface area contributed by atoms with E-state index >= 15 is 0 Å². The Morgan fingerprint density at radius 1 is 1.00 bits per heavy atom. The normalized spacial score (nSPS) is 10.4. The summed E-state index contributed by atoms with van der Waals surface area (Å²) >= 11 is 0. The average molecular weight is 288 g/mol. The first-order valence-electron chi connectivity index (χ1n) is 7.30. The number of halogens is 1. The number of nitrogens with zero attached hydrogens (tertiary/aromatic N) is 2. The fourth-order valence-corrected chi connectivity index (χ4v) is 2.20. The third-order valence-electron chi connectivity index (χ3n) is 3.26. The van der Waals surface area contributed by atoms with Crippen LogP contribution in [0.15, 0.2) is 30.6 Å². The highest BCUT2D eigenvalue weighted by atomic mass is 19.1.